The van der Waals surface area contributed by atoms with Gasteiger partial charge in [-0.05, 0) is 45.4 Å². The summed E-state index contributed by atoms with van der Waals surface area (Å²) in [5, 5.41) is 0. The van der Waals surface area contributed by atoms with Crippen LogP contribution in [0, 0.1) is 5.82 Å². The van der Waals surface area contributed by atoms with E-state index < -0.39 is 11.7 Å². The SMILES string of the molecule is CC(C)(C)OC(N)=O.CCC(=O)OC(C)Cc1ccccc1.Fc1ccccc1. The molecule has 0 bridgehead atoms. The predicted molar refractivity (Wildman–Crippen MR) is 113 cm³/mol. The minimum atomic E-state index is -0.725. The van der Waals surface area contributed by atoms with Crippen molar-refractivity contribution < 1.29 is 23.5 Å². The maximum atomic E-state index is 11.9. The van der Waals surface area contributed by atoms with E-state index in [0.717, 1.165) is 6.42 Å². The normalized spacial score (nSPS) is 11.0. The molecule has 0 saturated heterocycles. The molecular formula is C23H32FNO4. The summed E-state index contributed by atoms with van der Waals surface area (Å²) < 4.78 is 21.6. The van der Waals surface area contributed by atoms with Gasteiger partial charge in [-0.3, -0.25) is 4.79 Å². The Kier molecular flexibility index (Phi) is 12.7. The maximum Gasteiger partial charge on any atom is 0.405 e. The lowest BCUT2D eigenvalue weighted by molar-refractivity contribution is -0.147. The van der Waals surface area contributed by atoms with Crippen molar-refractivity contribution in [2.75, 3.05) is 0 Å². The number of hydrogen-bond acceptors (Lipinski definition) is 4. The molecule has 2 aromatic rings. The van der Waals surface area contributed by atoms with Gasteiger partial charge in [-0.15, -0.1) is 0 Å². The zero-order chi connectivity index (χ0) is 22.3. The van der Waals surface area contributed by atoms with Gasteiger partial charge in [-0.2, -0.15) is 0 Å². The standard InChI is InChI=1S/C12H16O2.C6H5F.C5H11NO2/c1-3-12(13)14-10(2)9-11-7-5-4-6-8-11;7-6-4-2-1-3-5-6;1-5(2,3)8-4(6)7/h4-8,10H,3,9H2,1-2H3;1-5H;1-3H3,(H2,6,7). The molecule has 6 heteroatoms. The highest BCUT2D eigenvalue weighted by Crippen LogP contribution is 2.06. The Morgan fingerprint density at radius 2 is 1.48 bits per heavy atom. The smallest absolute Gasteiger partial charge is 0.405 e. The summed E-state index contributed by atoms with van der Waals surface area (Å²) >= 11 is 0. The number of primary amides is 1. The Morgan fingerprint density at radius 3 is 1.79 bits per heavy atom. The number of hydrogen-bond donors (Lipinski definition) is 1. The number of nitrogens with two attached hydrogens (primary N) is 1. The fraction of sp³-hybridized carbons (Fsp3) is 0.391. The van der Waals surface area contributed by atoms with E-state index in [-0.39, 0.29) is 17.9 Å². The summed E-state index contributed by atoms with van der Waals surface area (Å²) in [4.78, 5) is 21.0. The second-order valence-corrected chi connectivity index (χ2v) is 7.17. The van der Waals surface area contributed by atoms with Crippen molar-refractivity contribution >= 4 is 12.1 Å². The predicted octanol–water partition coefficient (Wildman–Crippen LogP) is 5.28. The van der Waals surface area contributed by atoms with Crippen LogP contribution in [-0.2, 0) is 20.7 Å². The maximum absolute atomic E-state index is 11.9. The van der Waals surface area contributed by atoms with E-state index in [2.05, 4.69) is 4.74 Å². The summed E-state index contributed by atoms with van der Waals surface area (Å²) in [6.07, 6.45) is 0.466. The molecular weight excluding hydrogens is 373 g/mol. The zero-order valence-corrected chi connectivity index (χ0v) is 17.9. The Hall–Kier alpha value is -2.89. The molecule has 1 unspecified atom stereocenters. The van der Waals surface area contributed by atoms with Crippen LogP contribution in [0.5, 0.6) is 0 Å². The Bertz CT molecular complexity index is 700. The Morgan fingerprint density at radius 1 is 1.00 bits per heavy atom. The third-order valence-electron chi connectivity index (χ3n) is 3.13. The number of esters is 1. The number of rotatable bonds is 4. The number of amides is 1. The van der Waals surface area contributed by atoms with Crippen LogP contribution in [0.1, 0.15) is 46.6 Å². The second kappa shape index (κ2) is 14.2. The van der Waals surface area contributed by atoms with Gasteiger partial charge >= 0.3 is 12.1 Å². The molecule has 0 spiro atoms. The fourth-order valence-electron chi connectivity index (χ4n) is 2.01. The van der Waals surface area contributed by atoms with Crippen molar-refractivity contribution in [2.45, 2.75) is 59.2 Å². The molecule has 0 aliphatic rings. The lowest BCUT2D eigenvalue weighted by Crippen LogP contribution is -2.27. The Labute approximate surface area is 173 Å². The minimum absolute atomic E-state index is 0.0372. The summed E-state index contributed by atoms with van der Waals surface area (Å²) in [7, 11) is 0. The topological polar surface area (TPSA) is 78.6 Å². The first-order valence-electron chi connectivity index (χ1n) is 9.46. The van der Waals surface area contributed by atoms with E-state index in [1.807, 2.05) is 37.3 Å². The number of carbonyl (C=O) groups is 2. The van der Waals surface area contributed by atoms with Crippen LogP contribution in [0.2, 0.25) is 0 Å². The van der Waals surface area contributed by atoms with Crippen molar-refractivity contribution in [1.82, 2.24) is 0 Å². The number of halogens is 1. The first-order chi connectivity index (χ1) is 13.5. The summed E-state index contributed by atoms with van der Waals surface area (Å²) in [6.45, 7) is 9.01. The van der Waals surface area contributed by atoms with E-state index in [4.69, 9.17) is 10.5 Å². The molecule has 2 rings (SSSR count). The van der Waals surface area contributed by atoms with Crippen molar-refractivity contribution in [1.29, 1.82) is 0 Å². The van der Waals surface area contributed by atoms with Crippen molar-refractivity contribution in [3.63, 3.8) is 0 Å². The van der Waals surface area contributed by atoms with Crippen LogP contribution in [-0.4, -0.2) is 23.8 Å². The number of benzene rings is 2. The molecule has 0 aliphatic heterocycles. The van der Waals surface area contributed by atoms with Crippen LogP contribution in [0.25, 0.3) is 0 Å². The summed E-state index contributed by atoms with van der Waals surface area (Å²) in [5.74, 6) is -0.309. The largest absolute Gasteiger partial charge is 0.462 e. The van der Waals surface area contributed by atoms with Gasteiger partial charge in [0.1, 0.15) is 17.5 Å². The van der Waals surface area contributed by atoms with Crippen LogP contribution in [0.4, 0.5) is 9.18 Å². The molecule has 1 atom stereocenters. The molecule has 2 N–H and O–H groups in total. The number of ether oxygens (including phenoxy) is 2. The zero-order valence-electron chi connectivity index (χ0n) is 17.9. The summed E-state index contributed by atoms with van der Waals surface area (Å²) in [6, 6.07) is 18.0. The van der Waals surface area contributed by atoms with Crippen LogP contribution in [0.15, 0.2) is 60.7 Å². The average Bonchev–Trinajstić information content (AvgIpc) is 2.62. The fourth-order valence-corrected chi connectivity index (χ4v) is 2.01. The monoisotopic (exact) mass is 405 g/mol. The van der Waals surface area contributed by atoms with Crippen LogP contribution >= 0.6 is 0 Å². The van der Waals surface area contributed by atoms with Crippen LogP contribution < -0.4 is 5.73 Å². The molecule has 0 radical (unpaired) electrons. The highest BCUT2D eigenvalue weighted by Gasteiger charge is 2.12. The lowest BCUT2D eigenvalue weighted by atomic mass is 10.1. The van der Waals surface area contributed by atoms with E-state index in [9.17, 15) is 14.0 Å². The van der Waals surface area contributed by atoms with Gasteiger partial charge in [0.15, 0.2) is 0 Å². The molecule has 2 aromatic carbocycles. The van der Waals surface area contributed by atoms with Crippen LogP contribution in [0.3, 0.4) is 0 Å². The van der Waals surface area contributed by atoms with E-state index in [1.54, 1.807) is 45.9 Å². The molecule has 0 saturated carbocycles. The second-order valence-electron chi connectivity index (χ2n) is 7.17. The van der Waals surface area contributed by atoms with Gasteiger partial charge in [0.2, 0.25) is 0 Å². The van der Waals surface area contributed by atoms with Gasteiger partial charge in [0.25, 0.3) is 0 Å². The van der Waals surface area contributed by atoms with E-state index in [0.29, 0.717) is 6.42 Å². The van der Waals surface area contributed by atoms with Gasteiger partial charge in [-0.1, -0.05) is 55.5 Å². The third kappa shape index (κ3) is 17.0. The average molecular weight is 406 g/mol. The highest BCUT2D eigenvalue weighted by atomic mass is 19.1. The first-order valence-corrected chi connectivity index (χ1v) is 9.46. The molecule has 0 aliphatic carbocycles. The van der Waals surface area contributed by atoms with Gasteiger partial charge in [0.05, 0.1) is 0 Å². The number of carbonyl (C=O) groups excluding carboxylic acids is 2. The minimum Gasteiger partial charge on any atom is -0.462 e. The van der Waals surface area contributed by atoms with Crippen molar-refractivity contribution in [3.05, 3.63) is 72.0 Å². The van der Waals surface area contributed by atoms with Gasteiger partial charge in [-0.25, -0.2) is 9.18 Å². The van der Waals surface area contributed by atoms with E-state index in [1.165, 1.54) is 17.7 Å². The van der Waals surface area contributed by atoms with Crippen molar-refractivity contribution in [3.8, 4) is 0 Å². The highest BCUT2D eigenvalue weighted by molar-refractivity contribution is 5.69. The van der Waals surface area contributed by atoms with Crippen molar-refractivity contribution in [2.24, 2.45) is 5.73 Å². The third-order valence-corrected chi connectivity index (χ3v) is 3.13. The van der Waals surface area contributed by atoms with Gasteiger partial charge < -0.3 is 15.2 Å². The summed E-state index contributed by atoms with van der Waals surface area (Å²) in [5.41, 5.74) is 5.46. The molecule has 0 aromatic heterocycles. The molecule has 160 valence electrons. The molecule has 0 fully saturated rings. The van der Waals surface area contributed by atoms with E-state index >= 15 is 0 Å². The van der Waals surface area contributed by atoms with Gasteiger partial charge in [0, 0.05) is 12.8 Å². The molecule has 5 nitrogen and oxygen atoms in total. The molecule has 0 heterocycles. The Balaban J connectivity index is 0.000000444. The molecule has 1 amide bonds. The lowest BCUT2D eigenvalue weighted by Gasteiger charge is -2.16. The first kappa shape index (κ1) is 26.1. The quantitative estimate of drug-likeness (QED) is 0.702. The molecule has 29 heavy (non-hydrogen) atoms.